The topological polar surface area (TPSA) is 111 Å². The molecular formula is C19H27IN4O4. The van der Waals surface area contributed by atoms with Crippen LogP contribution in [0.2, 0.25) is 0 Å². The molecule has 8 nitrogen and oxygen atoms in total. The Morgan fingerprint density at radius 3 is 2.50 bits per heavy atom. The number of ether oxygens (including phenoxy) is 2. The Bertz CT molecular complexity index is 792. The van der Waals surface area contributed by atoms with Gasteiger partial charge in [0, 0.05) is 18.7 Å². The highest BCUT2D eigenvalue weighted by Gasteiger charge is 2.11. The van der Waals surface area contributed by atoms with E-state index in [1.807, 2.05) is 25.1 Å². The molecule has 0 fully saturated rings. The molecular weight excluding hydrogens is 475 g/mol. The van der Waals surface area contributed by atoms with Crippen molar-refractivity contribution in [1.82, 2.24) is 10.6 Å². The molecule has 0 saturated carbocycles. The molecule has 0 spiro atoms. The summed E-state index contributed by atoms with van der Waals surface area (Å²) in [5, 5.41) is 5.82. The lowest BCUT2D eigenvalue weighted by molar-refractivity contribution is 0.0925. The van der Waals surface area contributed by atoms with Crippen LogP contribution < -0.4 is 25.8 Å². The van der Waals surface area contributed by atoms with Gasteiger partial charge in [0.25, 0.3) is 5.91 Å². The van der Waals surface area contributed by atoms with Gasteiger partial charge in [0.15, 0.2) is 23.2 Å². The van der Waals surface area contributed by atoms with E-state index >= 15 is 0 Å². The minimum Gasteiger partial charge on any atom is -0.493 e. The maximum Gasteiger partial charge on any atom is 0.287 e. The lowest BCUT2D eigenvalue weighted by Gasteiger charge is -2.09. The molecule has 0 saturated heterocycles. The predicted molar refractivity (Wildman–Crippen MR) is 119 cm³/mol. The number of nitrogens with one attached hydrogen (secondary N) is 2. The summed E-state index contributed by atoms with van der Waals surface area (Å²) in [6.45, 7) is 3.36. The number of carbonyl (C=O) groups excluding carboxylic acids is 1. The molecule has 154 valence electrons. The Hall–Kier alpha value is -2.43. The summed E-state index contributed by atoms with van der Waals surface area (Å²) in [4.78, 5) is 16.2. The first-order chi connectivity index (χ1) is 13.0. The van der Waals surface area contributed by atoms with Crippen LogP contribution in [0, 0.1) is 6.92 Å². The van der Waals surface area contributed by atoms with E-state index in [1.54, 1.807) is 20.3 Å². The van der Waals surface area contributed by atoms with Crippen LogP contribution in [-0.4, -0.2) is 39.2 Å². The van der Waals surface area contributed by atoms with Crippen molar-refractivity contribution < 1.29 is 18.7 Å². The van der Waals surface area contributed by atoms with Gasteiger partial charge in [-0.25, -0.2) is 4.99 Å². The van der Waals surface area contributed by atoms with Crippen LogP contribution in [0.5, 0.6) is 11.5 Å². The SMILES string of the molecule is COc1ccc(CN=C(N)NCCCNC(=O)c2occc2C)cc1OC.I. The molecule has 0 aliphatic rings. The molecule has 0 bridgehead atoms. The largest absolute Gasteiger partial charge is 0.493 e. The molecule has 1 heterocycles. The number of guanidine groups is 1. The summed E-state index contributed by atoms with van der Waals surface area (Å²) in [5.41, 5.74) is 7.64. The average Bonchev–Trinajstić information content (AvgIpc) is 3.11. The highest BCUT2D eigenvalue weighted by atomic mass is 127. The maximum atomic E-state index is 11.9. The van der Waals surface area contributed by atoms with Gasteiger partial charge in [0.05, 0.1) is 27.0 Å². The molecule has 2 aromatic rings. The number of nitrogens with two attached hydrogens (primary N) is 1. The first-order valence-electron chi connectivity index (χ1n) is 8.62. The van der Waals surface area contributed by atoms with E-state index in [0.29, 0.717) is 49.3 Å². The molecule has 9 heteroatoms. The summed E-state index contributed by atoms with van der Waals surface area (Å²) in [5.74, 6) is 1.80. The second kappa shape index (κ2) is 12.1. The Morgan fingerprint density at radius 1 is 1.14 bits per heavy atom. The number of carbonyl (C=O) groups is 1. The molecule has 0 atom stereocenters. The number of furan rings is 1. The van der Waals surface area contributed by atoms with E-state index in [-0.39, 0.29) is 29.9 Å². The van der Waals surface area contributed by atoms with Crippen LogP contribution in [0.4, 0.5) is 0 Å². The van der Waals surface area contributed by atoms with Crippen molar-refractivity contribution in [3.8, 4) is 11.5 Å². The number of methoxy groups -OCH3 is 2. The number of hydrogen-bond donors (Lipinski definition) is 3. The van der Waals surface area contributed by atoms with Crippen molar-refractivity contribution in [2.75, 3.05) is 27.3 Å². The summed E-state index contributed by atoms with van der Waals surface area (Å²) < 4.78 is 15.6. The van der Waals surface area contributed by atoms with Gasteiger partial charge >= 0.3 is 0 Å². The van der Waals surface area contributed by atoms with Gasteiger partial charge in [-0.1, -0.05) is 6.07 Å². The molecule has 0 unspecified atom stereocenters. The minimum absolute atomic E-state index is 0. The first kappa shape index (κ1) is 23.6. The van der Waals surface area contributed by atoms with Gasteiger partial charge in [-0.3, -0.25) is 4.79 Å². The third kappa shape index (κ3) is 6.95. The van der Waals surface area contributed by atoms with Crippen LogP contribution in [0.15, 0.2) is 39.9 Å². The summed E-state index contributed by atoms with van der Waals surface area (Å²) in [6, 6.07) is 7.36. The molecule has 0 aliphatic heterocycles. The zero-order valence-electron chi connectivity index (χ0n) is 16.3. The molecule has 4 N–H and O–H groups in total. The number of hydrogen-bond acceptors (Lipinski definition) is 5. The highest BCUT2D eigenvalue weighted by molar-refractivity contribution is 14.0. The fourth-order valence-electron chi connectivity index (χ4n) is 2.40. The molecule has 2 rings (SSSR count). The van der Waals surface area contributed by atoms with Crippen LogP contribution in [0.25, 0.3) is 0 Å². The first-order valence-corrected chi connectivity index (χ1v) is 8.62. The van der Waals surface area contributed by atoms with Crippen molar-refractivity contribution in [3.05, 3.63) is 47.4 Å². The van der Waals surface area contributed by atoms with Crippen molar-refractivity contribution in [3.63, 3.8) is 0 Å². The number of amides is 1. The van der Waals surface area contributed by atoms with E-state index in [9.17, 15) is 4.79 Å². The van der Waals surface area contributed by atoms with Gasteiger partial charge in [0.1, 0.15) is 0 Å². The van der Waals surface area contributed by atoms with Gasteiger partial charge < -0.3 is 30.3 Å². The predicted octanol–water partition coefficient (Wildman–Crippen LogP) is 2.45. The third-order valence-electron chi connectivity index (χ3n) is 3.89. The van der Waals surface area contributed by atoms with Gasteiger partial charge in [-0.2, -0.15) is 0 Å². The Labute approximate surface area is 181 Å². The van der Waals surface area contributed by atoms with Crippen LogP contribution in [0.3, 0.4) is 0 Å². The number of nitrogens with zero attached hydrogens (tertiary/aromatic N) is 1. The van der Waals surface area contributed by atoms with E-state index in [0.717, 1.165) is 11.1 Å². The van der Waals surface area contributed by atoms with E-state index < -0.39 is 0 Å². The fourth-order valence-corrected chi connectivity index (χ4v) is 2.40. The van der Waals surface area contributed by atoms with Crippen molar-refractivity contribution in [2.24, 2.45) is 10.7 Å². The van der Waals surface area contributed by atoms with Crippen molar-refractivity contribution in [2.45, 2.75) is 19.9 Å². The molecule has 0 radical (unpaired) electrons. The average molecular weight is 502 g/mol. The molecule has 28 heavy (non-hydrogen) atoms. The lowest BCUT2D eigenvalue weighted by atomic mass is 10.2. The Morgan fingerprint density at radius 2 is 1.86 bits per heavy atom. The summed E-state index contributed by atoms with van der Waals surface area (Å²) >= 11 is 0. The second-order valence-electron chi connectivity index (χ2n) is 5.86. The summed E-state index contributed by atoms with van der Waals surface area (Å²) in [6.07, 6.45) is 2.21. The van der Waals surface area contributed by atoms with E-state index in [1.165, 1.54) is 6.26 Å². The molecule has 1 amide bonds. The lowest BCUT2D eigenvalue weighted by Crippen LogP contribution is -2.34. The van der Waals surface area contributed by atoms with Crippen LogP contribution in [-0.2, 0) is 6.54 Å². The van der Waals surface area contributed by atoms with Gasteiger partial charge in [-0.15, -0.1) is 24.0 Å². The minimum atomic E-state index is -0.215. The molecule has 0 aliphatic carbocycles. The highest BCUT2D eigenvalue weighted by Crippen LogP contribution is 2.27. The van der Waals surface area contributed by atoms with Crippen LogP contribution in [0.1, 0.15) is 28.1 Å². The van der Waals surface area contributed by atoms with E-state index in [4.69, 9.17) is 19.6 Å². The third-order valence-corrected chi connectivity index (χ3v) is 3.89. The maximum absolute atomic E-state index is 11.9. The molecule has 1 aromatic heterocycles. The fraction of sp³-hybridized carbons (Fsp3) is 0.368. The van der Waals surface area contributed by atoms with E-state index in [2.05, 4.69) is 15.6 Å². The number of aryl methyl sites for hydroxylation is 1. The zero-order valence-corrected chi connectivity index (χ0v) is 18.6. The monoisotopic (exact) mass is 502 g/mol. The zero-order chi connectivity index (χ0) is 19.6. The van der Waals surface area contributed by atoms with Gasteiger partial charge in [0.2, 0.25) is 0 Å². The standard InChI is InChI=1S/C19H26N4O4.HI/c1-13-7-10-27-17(13)18(24)21-8-4-9-22-19(20)23-12-14-5-6-15(25-2)16(11-14)26-3;/h5-7,10-11H,4,8-9,12H2,1-3H3,(H,21,24)(H3,20,22,23);1H. The Balaban J connectivity index is 0.00000392. The smallest absolute Gasteiger partial charge is 0.287 e. The summed E-state index contributed by atoms with van der Waals surface area (Å²) in [7, 11) is 3.18. The number of aliphatic imine (C=N–C) groups is 1. The Kier molecular flexibility index (Phi) is 10.2. The quantitative estimate of drug-likeness (QED) is 0.210. The van der Waals surface area contributed by atoms with Gasteiger partial charge in [-0.05, 0) is 37.1 Å². The normalized spacial score (nSPS) is 10.8. The molecule has 1 aromatic carbocycles. The number of halogens is 1. The van der Waals surface area contributed by atoms with Crippen molar-refractivity contribution >= 4 is 35.8 Å². The van der Waals surface area contributed by atoms with Crippen LogP contribution >= 0.6 is 24.0 Å². The van der Waals surface area contributed by atoms with Crippen molar-refractivity contribution in [1.29, 1.82) is 0 Å². The second-order valence-corrected chi connectivity index (χ2v) is 5.86. The number of benzene rings is 1. The number of rotatable bonds is 9.